The van der Waals surface area contributed by atoms with Gasteiger partial charge in [-0.25, -0.2) is 0 Å². The fourth-order valence-corrected chi connectivity index (χ4v) is 3.30. The Labute approximate surface area is 156 Å². The summed E-state index contributed by atoms with van der Waals surface area (Å²) in [7, 11) is 0. The number of carbonyl (C=O) groups is 1. The summed E-state index contributed by atoms with van der Waals surface area (Å²) in [6.45, 7) is 0. The van der Waals surface area contributed by atoms with Crippen LogP contribution in [0.3, 0.4) is 0 Å². The van der Waals surface area contributed by atoms with Gasteiger partial charge in [0.25, 0.3) is 5.91 Å². The quantitative estimate of drug-likeness (QED) is 0.556. The fraction of sp³-hybridized carbons (Fsp3) is 0.130. The zero-order valence-corrected chi connectivity index (χ0v) is 14.7. The largest absolute Gasteiger partial charge is 0.457 e. The van der Waals surface area contributed by atoms with E-state index in [1.165, 1.54) is 0 Å². The van der Waals surface area contributed by atoms with Gasteiger partial charge >= 0.3 is 0 Å². The van der Waals surface area contributed by atoms with Crippen LogP contribution in [0.1, 0.15) is 23.2 Å². The van der Waals surface area contributed by atoms with Gasteiger partial charge in [0.05, 0.1) is 5.52 Å². The van der Waals surface area contributed by atoms with Crippen molar-refractivity contribution in [1.29, 1.82) is 0 Å². The minimum absolute atomic E-state index is 0.00287. The molecule has 4 heteroatoms. The van der Waals surface area contributed by atoms with E-state index in [-0.39, 0.29) is 5.91 Å². The van der Waals surface area contributed by atoms with Gasteiger partial charge in [-0.3, -0.25) is 9.78 Å². The summed E-state index contributed by atoms with van der Waals surface area (Å²) >= 11 is 0. The van der Waals surface area contributed by atoms with Crippen LogP contribution in [-0.2, 0) is 0 Å². The molecule has 1 heterocycles. The van der Waals surface area contributed by atoms with Crippen molar-refractivity contribution in [3.8, 4) is 11.5 Å². The molecule has 5 rings (SSSR count). The smallest absolute Gasteiger partial charge is 0.252 e. The van der Waals surface area contributed by atoms with Gasteiger partial charge in [-0.15, -0.1) is 0 Å². The number of nitrogens with one attached hydrogen (secondary N) is 1. The lowest BCUT2D eigenvalue weighted by Crippen LogP contribution is -2.25. The van der Waals surface area contributed by atoms with E-state index in [2.05, 4.69) is 10.3 Å². The van der Waals surface area contributed by atoms with Crippen LogP contribution < -0.4 is 10.1 Å². The van der Waals surface area contributed by atoms with Crippen molar-refractivity contribution in [1.82, 2.24) is 10.3 Å². The van der Waals surface area contributed by atoms with E-state index in [1.807, 2.05) is 66.7 Å². The predicted molar refractivity (Wildman–Crippen MR) is 106 cm³/mol. The Morgan fingerprint density at radius 2 is 1.85 bits per heavy atom. The van der Waals surface area contributed by atoms with Gasteiger partial charge in [0.15, 0.2) is 0 Å². The molecule has 1 saturated carbocycles. The Morgan fingerprint density at radius 3 is 2.74 bits per heavy atom. The number of hydrogen-bond acceptors (Lipinski definition) is 3. The van der Waals surface area contributed by atoms with E-state index in [9.17, 15) is 4.79 Å². The highest BCUT2D eigenvalue weighted by molar-refractivity contribution is 6.07. The summed E-state index contributed by atoms with van der Waals surface area (Å²) < 4.78 is 6.13. The molecule has 1 fully saturated rings. The summed E-state index contributed by atoms with van der Waals surface area (Å²) in [6, 6.07) is 21.7. The van der Waals surface area contributed by atoms with Crippen molar-refractivity contribution in [2.75, 3.05) is 0 Å². The molecule has 0 spiro atoms. The molecule has 1 amide bonds. The third-order valence-corrected chi connectivity index (χ3v) is 4.85. The topological polar surface area (TPSA) is 51.2 Å². The van der Waals surface area contributed by atoms with E-state index < -0.39 is 0 Å². The molecular weight excluding hydrogens is 336 g/mol. The van der Waals surface area contributed by atoms with Gasteiger partial charge in [0.2, 0.25) is 0 Å². The van der Waals surface area contributed by atoms with Gasteiger partial charge in [0, 0.05) is 23.2 Å². The van der Waals surface area contributed by atoms with Gasteiger partial charge < -0.3 is 10.1 Å². The predicted octanol–water partition coefficient (Wildman–Crippen LogP) is 5.07. The van der Waals surface area contributed by atoms with Crippen molar-refractivity contribution in [3.05, 3.63) is 78.5 Å². The van der Waals surface area contributed by atoms with E-state index in [4.69, 9.17) is 4.74 Å². The lowest BCUT2D eigenvalue weighted by molar-refractivity contribution is 0.0952. The van der Waals surface area contributed by atoms with E-state index in [0.29, 0.717) is 11.6 Å². The molecule has 3 aromatic carbocycles. The molecule has 27 heavy (non-hydrogen) atoms. The van der Waals surface area contributed by atoms with Gasteiger partial charge in [-0.2, -0.15) is 0 Å². The molecule has 0 saturated heterocycles. The molecule has 0 unspecified atom stereocenters. The second-order valence-corrected chi connectivity index (χ2v) is 6.86. The molecule has 4 nitrogen and oxygen atoms in total. The average Bonchev–Trinajstić information content (AvgIpc) is 3.51. The minimum atomic E-state index is -0.00287. The van der Waals surface area contributed by atoms with Crippen LogP contribution >= 0.6 is 0 Å². The zero-order chi connectivity index (χ0) is 18.2. The third kappa shape index (κ3) is 3.10. The number of benzene rings is 3. The van der Waals surface area contributed by atoms with Crippen molar-refractivity contribution < 1.29 is 9.53 Å². The Hall–Kier alpha value is -3.40. The highest BCUT2D eigenvalue weighted by Gasteiger charge is 2.24. The van der Waals surface area contributed by atoms with Crippen molar-refractivity contribution in [2.24, 2.45) is 0 Å². The second-order valence-electron chi connectivity index (χ2n) is 6.86. The first-order chi connectivity index (χ1) is 13.3. The maximum absolute atomic E-state index is 12.5. The number of aromatic nitrogens is 1. The highest BCUT2D eigenvalue weighted by atomic mass is 16.5. The first-order valence-corrected chi connectivity index (χ1v) is 9.13. The molecule has 0 atom stereocenters. The Bertz CT molecular complexity index is 1160. The van der Waals surface area contributed by atoms with Crippen LogP contribution in [0.25, 0.3) is 21.7 Å². The first kappa shape index (κ1) is 15.8. The standard InChI is InChI=1S/C23H18N2O2/c26-23(25-16-8-9-16)19-6-3-4-15-14-17(10-11-18(15)19)27-22-12-13-24-21-7-2-1-5-20(21)22/h1-7,10-14,16H,8-9H2,(H,25,26). The number of pyridine rings is 1. The molecule has 4 aromatic rings. The first-order valence-electron chi connectivity index (χ1n) is 9.13. The molecule has 1 aromatic heterocycles. The lowest BCUT2D eigenvalue weighted by atomic mass is 10.0. The highest BCUT2D eigenvalue weighted by Crippen LogP contribution is 2.31. The van der Waals surface area contributed by atoms with Crippen LogP contribution in [0.15, 0.2) is 72.9 Å². The normalized spacial score (nSPS) is 13.6. The van der Waals surface area contributed by atoms with E-state index in [0.717, 1.165) is 46.0 Å². The van der Waals surface area contributed by atoms with E-state index >= 15 is 0 Å². The molecule has 0 radical (unpaired) electrons. The molecular formula is C23H18N2O2. The molecule has 1 aliphatic rings. The van der Waals surface area contributed by atoms with E-state index in [1.54, 1.807) is 6.20 Å². The van der Waals surface area contributed by atoms with Gasteiger partial charge in [-0.05, 0) is 66.1 Å². The van der Waals surface area contributed by atoms with Crippen LogP contribution in [0, 0.1) is 0 Å². The van der Waals surface area contributed by atoms with Crippen molar-refractivity contribution in [2.45, 2.75) is 18.9 Å². The maximum Gasteiger partial charge on any atom is 0.252 e. The van der Waals surface area contributed by atoms with Gasteiger partial charge in [0.1, 0.15) is 11.5 Å². The number of rotatable bonds is 4. The number of carbonyl (C=O) groups excluding carboxylic acids is 1. The number of ether oxygens (including phenoxy) is 1. The Morgan fingerprint density at radius 1 is 0.963 bits per heavy atom. The van der Waals surface area contributed by atoms with Crippen LogP contribution in [-0.4, -0.2) is 16.9 Å². The Balaban J connectivity index is 1.50. The monoisotopic (exact) mass is 354 g/mol. The minimum Gasteiger partial charge on any atom is -0.457 e. The number of nitrogens with zero attached hydrogens (tertiary/aromatic N) is 1. The lowest BCUT2D eigenvalue weighted by Gasteiger charge is -2.11. The number of fused-ring (bicyclic) bond motifs is 2. The molecule has 132 valence electrons. The summed E-state index contributed by atoms with van der Waals surface area (Å²) in [4.78, 5) is 16.9. The summed E-state index contributed by atoms with van der Waals surface area (Å²) in [5.41, 5.74) is 1.61. The maximum atomic E-state index is 12.5. The Kier molecular flexibility index (Phi) is 3.75. The summed E-state index contributed by atoms with van der Waals surface area (Å²) in [5, 5.41) is 5.94. The molecule has 0 aliphatic heterocycles. The van der Waals surface area contributed by atoms with Crippen LogP contribution in [0.4, 0.5) is 0 Å². The number of amides is 1. The second kappa shape index (κ2) is 6.40. The van der Waals surface area contributed by atoms with Crippen molar-refractivity contribution >= 4 is 27.6 Å². The SMILES string of the molecule is O=C(NC1CC1)c1cccc2cc(Oc3ccnc4ccccc34)ccc12. The molecule has 0 bridgehead atoms. The average molecular weight is 354 g/mol. The number of hydrogen-bond donors (Lipinski definition) is 1. The fourth-order valence-electron chi connectivity index (χ4n) is 3.30. The number of para-hydroxylation sites is 1. The summed E-state index contributed by atoms with van der Waals surface area (Å²) in [5.74, 6) is 1.50. The van der Waals surface area contributed by atoms with Crippen LogP contribution in [0.2, 0.25) is 0 Å². The zero-order valence-electron chi connectivity index (χ0n) is 14.7. The summed E-state index contributed by atoms with van der Waals surface area (Å²) in [6.07, 6.45) is 3.90. The third-order valence-electron chi connectivity index (χ3n) is 4.85. The molecule has 1 aliphatic carbocycles. The van der Waals surface area contributed by atoms with Gasteiger partial charge in [-0.1, -0.05) is 24.3 Å². The van der Waals surface area contributed by atoms with Crippen LogP contribution in [0.5, 0.6) is 11.5 Å². The van der Waals surface area contributed by atoms with Crippen molar-refractivity contribution in [3.63, 3.8) is 0 Å². The molecule has 1 N–H and O–H groups in total.